The first kappa shape index (κ1) is 26.9. The van der Waals surface area contributed by atoms with Crippen LogP contribution < -0.4 is 18.5 Å². The quantitative estimate of drug-likeness (QED) is 0.210. The molecule has 3 aromatic rings. The number of carbonyl (C=O) groups excluding carboxylic acids is 1. The molecule has 0 spiro atoms. The molecule has 6 nitrogen and oxygen atoms in total. The third-order valence-corrected chi connectivity index (χ3v) is 7.78. The van der Waals surface area contributed by atoms with E-state index in [1.807, 2.05) is 61.5 Å². The molecule has 37 heavy (non-hydrogen) atoms. The maximum Gasteiger partial charge on any atom is 0.244 e. The van der Waals surface area contributed by atoms with Gasteiger partial charge in [0.1, 0.15) is 5.75 Å². The normalized spacial score (nSPS) is 15.0. The van der Waals surface area contributed by atoms with Crippen molar-refractivity contribution in [1.29, 1.82) is 0 Å². The van der Waals surface area contributed by atoms with E-state index in [4.69, 9.17) is 14.2 Å². The summed E-state index contributed by atoms with van der Waals surface area (Å²) in [5, 5.41) is 0. The molecule has 1 aliphatic heterocycles. The van der Waals surface area contributed by atoms with Crippen molar-refractivity contribution in [3.05, 3.63) is 77.9 Å². The van der Waals surface area contributed by atoms with Gasteiger partial charge in [-0.2, -0.15) is 0 Å². The van der Waals surface area contributed by atoms with Crippen LogP contribution in [0.15, 0.2) is 71.6 Å². The van der Waals surface area contributed by atoms with E-state index in [-0.39, 0.29) is 11.8 Å². The molecule has 1 aliphatic rings. The van der Waals surface area contributed by atoms with Crippen LogP contribution in [0, 0.1) is 0 Å². The van der Waals surface area contributed by atoms with Crippen molar-refractivity contribution < 1.29 is 19.0 Å². The zero-order valence-electron chi connectivity index (χ0n) is 22.1. The summed E-state index contributed by atoms with van der Waals surface area (Å²) in [6.07, 6.45) is 2.92. The number of likely N-dealkylation sites (N-methyl/N-ethyl adjacent to an activating group) is 1. The SMILES string of the molecule is COc1ccc(CCN(C)CCCCOc2ccccc2N2Sc3ccccc3C(C)C2=O)cc1OC. The van der Waals surface area contributed by atoms with E-state index in [0.717, 1.165) is 65.7 Å². The number of unbranched alkanes of at least 4 members (excludes halogenated alkanes) is 1. The lowest BCUT2D eigenvalue weighted by Crippen LogP contribution is -2.32. The number of amides is 1. The first-order valence-corrected chi connectivity index (χ1v) is 13.5. The predicted octanol–water partition coefficient (Wildman–Crippen LogP) is 6.19. The second kappa shape index (κ2) is 12.9. The lowest BCUT2D eigenvalue weighted by molar-refractivity contribution is -0.118. The molecule has 0 aliphatic carbocycles. The molecule has 0 N–H and O–H groups in total. The molecular formula is C30H36N2O4S. The van der Waals surface area contributed by atoms with Crippen LogP contribution in [-0.4, -0.2) is 51.8 Å². The smallest absolute Gasteiger partial charge is 0.244 e. The van der Waals surface area contributed by atoms with Gasteiger partial charge in [-0.15, -0.1) is 0 Å². The first-order valence-electron chi connectivity index (χ1n) is 12.7. The summed E-state index contributed by atoms with van der Waals surface area (Å²) in [5.41, 5.74) is 3.12. The molecule has 1 unspecified atom stereocenters. The highest BCUT2D eigenvalue weighted by atomic mass is 32.2. The number of methoxy groups -OCH3 is 2. The Hall–Kier alpha value is -3.16. The van der Waals surface area contributed by atoms with E-state index in [1.54, 1.807) is 18.5 Å². The Morgan fingerprint density at radius 1 is 0.892 bits per heavy atom. The summed E-state index contributed by atoms with van der Waals surface area (Å²) in [4.78, 5) is 16.6. The topological polar surface area (TPSA) is 51.2 Å². The number of fused-ring (bicyclic) bond motifs is 1. The van der Waals surface area contributed by atoms with E-state index in [9.17, 15) is 4.79 Å². The summed E-state index contributed by atoms with van der Waals surface area (Å²) < 4.78 is 18.7. The summed E-state index contributed by atoms with van der Waals surface area (Å²) in [6, 6.07) is 22.0. The van der Waals surface area contributed by atoms with E-state index >= 15 is 0 Å². The van der Waals surface area contributed by atoms with E-state index in [0.29, 0.717) is 6.61 Å². The molecule has 1 amide bonds. The van der Waals surface area contributed by atoms with E-state index in [2.05, 4.69) is 24.1 Å². The number of ether oxygens (including phenoxy) is 3. The summed E-state index contributed by atoms with van der Waals surface area (Å²) >= 11 is 1.47. The zero-order valence-corrected chi connectivity index (χ0v) is 22.9. The van der Waals surface area contributed by atoms with Gasteiger partial charge in [0.2, 0.25) is 5.91 Å². The molecule has 0 bridgehead atoms. The van der Waals surface area contributed by atoms with Crippen molar-refractivity contribution in [2.24, 2.45) is 0 Å². The van der Waals surface area contributed by atoms with Crippen LogP contribution in [-0.2, 0) is 11.2 Å². The third kappa shape index (κ3) is 6.59. The molecule has 0 saturated heterocycles. The van der Waals surface area contributed by atoms with Crippen molar-refractivity contribution >= 4 is 23.5 Å². The molecule has 0 aromatic heterocycles. The Balaban J connectivity index is 1.25. The number of hydrogen-bond donors (Lipinski definition) is 0. The predicted molar refractivity (Wildman–Crippen MR) is 150 cm³/mol. The largest absolute Gasteiger partial charge is 0.493 e. The van der Waals surface area contributed by atoms with Gasteiger partial charge in [0, 0.05) is 11.4 Å². The second-order valence-corrected chi connectivity index (χ2v) is 10.2. The Labute approximate surface area is 224 Å². The standard InChI is InChI=1S/C30H36N2O4S/c1-22-24-11-5-8-14-29(24)37-32(30(22)33)25-12-6-7-13-26(25)36-20-10-9-18-31(2)19-17-23-15-16-27(34-3)28(21-23)35-4/h5-8,11-16,21-22H,9-10,17-20H2,1-4H3. The van der Waals surface area contributed by atoms with Crippen LogP contribution in [0.25, 0.3) is 0 Å². The van der Waals surface area contributed by atoms with Gasteiger partial charge in [-0.3, -0.25) is 4.79 Å². The highest BCUT2D eigenvalue weighted by Crippen LogP contribution is 2.44. The summed E-state index contributed by atoms with van der Waals surface area (Å²) in [6.45, 7) is 4.54. The fourth-order valence-corrected chi connectivity index (χ4v) is 5.61. The molecule has 3 aromatic carbocycles. The van der Waals surface area contributed by atoms with Gasteiger partial charge in [-0.1, -0.05) is 36.4 Å². The van der Waals surface area contributed by atoms with Gasteiger partial charge in [-0.05, 0) is 93.2 Å². The number of carbonyl (C=O) groups is 1. The van der Waals surface area contributed by atoms with Gasteiger partial charge < -0.3 is 19.1 Å². The van der Waals surface area contributed by atoms with Gasteiger partial charge in [0.05, 0.1) is 32.4 Å². The Bertz CT molecular complexity index is 1200. The van der Waals surface area contributed by atoms with Crippen molar-refractivity contribution in [1.82, 2.24) is 4.90 Å². The van der Waals surface area contributed by atoms with Crippen LogP contribution in [0.3, 0.4) is 0 Å². The van der Waals surface area contributed by atoms with Crippen LogP contribution in [0.5, 0.6) is 17.2 Å². The monoisotopic (exact) mass is 520 g/mol. The Morgan fingerprint density at radius 2 is 1.65 bits per heavy atom. The minimum Gasteiger partial charge on any atom is -0.493 e. The minimum atomic E-state index is -0.181. The number of hydrogen-bond acceptors (Lipinski definition) is 6. The van der Waals surface area contributed by atoms with Crippen LogP contribution in [0.1, 0.15) is 36.8 Å². The average Bonchev–Trinajstić information content (AvgIpc) is 2.93. The molecule has 0 saturated carbocycles. The number of para-hydroxylation sites is 2. The number of rotatable bonds is 12. The molecule has 7 heteroatoms. The van der Waals surface area contributed by atoms with E-state index < -0.39 is 0 Å². The van der Waals surface area contributed by atoms with Gasteiger partial charge in [-0.25, -0.2) is 4.31 Å². The van der Waals surface area contributed by atoms with Crippen molar-refractivity contribution in [3.63, 3.8) is 0 Å². The fourth-order valence-electron chi connectivity index (χ4n) is 4.42. The average molecular weight is 521 g/mol. The molecule has 4 rings (SSSR count). The van der Waals surface area contributed by atoms with Crippen molar-refractivity contribution in [2.45, 2.75) is 37.0 Å². The first-order chi connectivity index (χ1) is 18.0. The van der Waals surface area contributed by atoms with Crippen LogP contribution >= 0.6 is 11.9 Å². The number of benzene rings is 3. The number of anilines is 1. The van der Waals surface area contributed by atoms with Crippen LogP contribution in [0.4, 0.5) is 5.69 Å². The molecule has 0 radical (unpaired) electrons. The van der Waals surface area contributed by atoms with Gasteiger partial charge in [0.25, 0.3) is 0 Å². The summed E-state index contributed by atoms with van der Waals surface area (Å²) in [7, 11) is 5.46. The number of nitrogens with zero attached hydrogens (tertiary/aromatic N) is 2. The van der Waals surface area contributed by atoms with Crippen molar-refractivity contribution in [2.75, 3.05) is 45.3 Å². The second-order valence-electron chi connectivity index (χ2n) is 9.25. The highest BCUT2D eigenvalue weighted by molar-refractivity contribution is 8.01. The van der Waals surface area contributed by atoms with E-state index in [1.165, 1.54) is 17.5 Å². The Kier molecular flexibility index (Phi) is 9.36. The zero-order chi connectivity index (χ0) is 26.2. The lowest BCUT2D eigenvalue weighted by Gasteiger charge is -2.32. The molecular weight excluding hydrogens is 484 g/mol. The summed E-state index contributed by atoms with van der Waals surface area (Å²) in [5.74, 6) is 2.17. The Morgan fingerprint density at radius 3 is 2.46 bits per heavy atom. The maximum absolute atomic E-state index is 13.2. The van der Waals surface area contributed by atoms with Crippen molar-refractivity contribution in [3.8, 4) is 17.2 Å². The molecule has 1 atom stereocenters. The molecule has 0 fully saturated rings. The lowest BCUT2D eigenvalue weighted by atomic mass is 10.00. The molecule has 1 heterocycles. The minimum absolute atomic E-state index is 0.0795. The van der Waals surface area contributed by atoms with Gasteiger partial charge >= 0.3 is 0 Å². The third-order valence-electron chi connectivity index (χ3n) is 6.65. The van der Waals surface area contributed by atoms with Gasteiger partial charge in [0.15, 0.2) is 11.5 Å². The highest BCUT2D eigenvalue weighted by Gasteiger charge is 2.33. The fraction of sp³-hybridized carbons (Fsp3) is 0.367. The molecule has 196 valence electrons. The van der Waals surface area contributed by atoms with Crippen LogP contribution in [0.2, 0.25) is 0 Å². The maximum atomic E-state index is 13.2.